The van der Waals surface area contributed by atoms with E-state index in [1.165, 1.54) is 0 Å². The zero-order valence-corrected chi connectivity index (χ0v) is 9.39. The van der Waals surface area contributed by atoms with E-state index in [0.717, 1.165) is 6.42 Å². The molecule has 0 spiro atoms. The Balaban J connectivity index is 2.71. The molecule has 0 radical (unpaired) electrons. The summed E-state index contributed by atoms with van der Waals surface area (Å²) in [6, 6.07) is 0. The first-order chi connectivity index (χ1) is 5.00. The summed E-state index contributed by atoms with van der Waals surface area (Å²) in [5.74, 6) is -0.212. The van der Waals surface area contributed by atoms with E-state index in [-0.39, 0.29) is 12.0 Å². The number of ether oxygens (including phenoxy) is 1. The van der Waals surface area contributed by atoms with E-state index in [0.29, 0.717) is 0 Å². The van der Waals surface area contributed by atoms with Gasteiger partial charge in [-0.15, -0.1) is 0 Å². The lowest BCUT2D eigenvalue weighted by Gasteiger charge is -2.18. The van der Waals surface area contributed by atoms with Crippen LogP contribution in [0.3, 0.4) is 0 Å². The van der Waals surface area contributed by atoms with Gasteiger partial charge >= 0.3 is 0 Å². The largest absolute Gasteiger partial charge is 0.359 e. The third-order valence-corrected chi connectivity index (χ3v) is 4.27. The van der Waals surface area contributed by atoms with Crippen molar-refractivity contribution in [2.75, 3.05) is 0 Å². The van der Waals surface area contributed by atoms with Gasteiger partial charge in [0, 0.05) is 5.92 Å². The van der Waals surface area contributed by atoms with Crippen LogP contribution in [0.4, 0.5) is 4.39 Å². The lowest BCUT2D eigenvalue weighted by molar-refractivity contribution is 0.0776. The Morgan fingerprint density at radius 1 is 1.73 bits per heavy atom. The van der Waals surface area contributed by atoms with Gasteiger partial charge in [-0.1, -0.05) is 25.4 Å². The number of hydrogen-bond acceptors (Lipinski definition) is 1. The number of rotatable bonds is 1. The summed E-state index contributed by atoms with van der Waals surface area (Å²) < 4.78 is 18.3. The molecule has 1 saturated heterocycles. The van der Waals surface area contributed by atoms with Gasteiger partial charge in [-0.2, -0.15) is 0 Å². The van der Waals surface area contributed by atoms with Crippen LogP contribution in [0.5, 0.6) is 0 Å². The molecule has 0 saturated carbocycles. The van der Waals surface area contributed by atoms with Crippen LogP contribution in [0.1, 0.15) is 20.3 Å². The maximum Gasteiger partial charge on any atom is 0.223 e. The molecule has 4 atom stereocenters. The van der Waals surface area contributed by atoms with Crippen molar-refractivity contribution in [1.29, 1.82) is 0 Å². The van der Waals surface area contributed by atoms with Crippen LogP contribution in [0.25, 0.3) is 0 Å². The lowest BCUT2D eigenvalue weighted by atomic mass is 10.0. The summed E-state index contributed by atoms with van der Waals surface area (Å²) in [5, 5.41) is -1.68. The van der Waals surface area contributed by atoms with Crippen molar-refractivity contribution >= 4 is 34.2 Å². The van der Waals surface area contributed by atoms with Crippen LogP contribution >= 0.6 is 34.2 Å². The van der Waals surface area contributed by atoms with Gasteiger partial charge in [0.25, 0.3) is 0 Å². The fourth-order valence-electron chi connectivity index (χ4n) is 1.27. The molecule has 0 aromatic rings. The molecule has 4 heteroatoms. The molecule has 0 amide bonds. The summed E-state index contributed by atoms with van der Waals surface area (Å²) in [4.78, 5) is 0. The lowest BCUT2D eigenvalue weighted by Crippen LogP contribution is -2.28. The van der Waals surface area contributed by atoms with Gasteiger partial charge in [0.15, 0.2) is 4.11 Å². The molecule has 0 aromatic carbocycles. The van der Waals surface area contributed by atoms with Gasteiger partial charge < -0.3 is 4.74 Å². The number of alkyl halides is 3. The number of hydrogen-bond donors (Lipinski definition) is 0. The molecule has 0 N–H and O–H groups in total. The van der Waals surface area contributed by atoms with E-state index in [9.17, 15) is 4.39 Å². The Morgan fingerprint density at radius 2 is 2.27 bits per heavy atom. The molecule has 1 heterocycles. The van der Waals surface area contributed by atoms with Crippen molar-refractivity contribution in [2.24, 2.45) is 5.92 Å². The van der Waals surface area contributed by atoms with E-state index in [2.05, 4.69) is 0 Å². The molecule has 66 valence electrons. The van der Waals surface area contributed by atoms with Gasteiger partial charge in [-0.3, -0.25) is 0 Å². The third kappa shape index (κ3) is 1.65. The van der Waals surface area contributed by atoms with Crippen molar-refractivity contribution < 1.29 is 9.13 Å². The van der Waals surface area contributed by atoms with E-state index in [1.54, 1.807) is 6.92 Å². The van der Waals surface area contributed by atoms with Crippen LogP contribution in [-0.4, -0.2) is 15.3 Å². The second-order valence-electron chi connectivity index (χ2n) is 2.86. The van der Waals surface area contributed by atoms with Crippen molar-refractivity contribution in [2.45, 2.75) is 35.6 Å². The predicted molar refractivity (Wildman–Crippen MR) is 51.8 cm³/mol. The zero-order chi connectivity index (χ0) is 8.65. The van der Waals surface area contributed by atoms with Crippen molar-refractivity contribution in [3.8, 4) is 0 Å². The molecule has 1 unspecified atom stereocenters. The van der Waals surface area contributed by atoms with Gasteiger partial charge in [-0.05, 0) is 29.0 Å². The minimum Gasteiger partial charge on any atom is -0.359 e. The quantitative estimate of drug-likeness (QED) is 0.533. The second kappa shape index (κ2) is 3.34. The minimum absolute atomic E-state index is 0.0283. The predicted octanol–water partition coefficient (Wildman–Crippen LogP) is 3.10. The molecule has 11 heavy (non-hydrogen) atoms. The molecule has 1 rings (SSSR count). The van der Waals surface area contributed by atoms with Crippen molar-refractivity contribution in [1.82, 2.24) is 0 Å². The highest BCUT2D eigenvalue weighted by molar-refractivity contribution is 14.1. The summed E-state index contributed by atoms with van der Waals surface area (Å²) in [5.41, 5.74) is 0. The third-order valence-electron chi connectivity index (χ3n) is 2.16. The van der Waals surface area contributed by atoms with Gasteiger partial charge in [0.1, 0.15) is 0 Å². The van der Waals surface area contributed by atoms with Crippen LogP contribution < -0.4 is 0 Å². The summed E-state index contributed by atoms with van der Waals surface area (Å²) in [7, 11) is 0. The molecule has 1 fully saturated rings. The summed E-state index contributed by atoms with van der Waals surface area (Å²) in [6.45, 7) is 3.77. The van der Waals surface area contributed by atoms with E-state index in [1.807, 2.05) is 29.5 Å². The maximum absolute atomic E-state index is 13.5. The zero-order valence-electron chi connectivity index (χ0n) is 6.48. The molecule has 0 bridgehead atoms. The Kier molecular flexibility index (Phi) is 3.03. The Hall–Kier alpha value is 0.910. The molecule has 1 aliphatic heterocycles. The molecule has 0 aromatic heterocycles. The minimum atomic E-state index is -1.68. The van der Waals surface area contributed by atoms with Gasteiger partial charge in [0.2, 0.25) is 5.13 Å². The molecule has 1 nitrogen and oxygen atoms in total. The Morgan fingerprint density at radius 3 is 2.45 bits per heavy atom. The Bertz CT molecular complexity index is 153. The standard InChI is InChI=1S/C7H11ClFIO/c1-3-5-4(2)7(8,9)6(10)11-5/h4-6H,3H2,1-2H3/t4-,5-,6?,7-/m1/s1. The normalized spacial score (nSPS) is 51.5. The van der Waals surface area contributed by atoms with E-state index < -0.39 is 9.24 Å². The van der Waals surface area contributed by atoms with Gasteiger partial charge in [-0.25, -0.2) is 4.39 Å². The average Bonchev–Trinajstić information content (AvgIpc) is 2.14. The first kappa shape index (κ1) is 9.99. The highest BCUT2D eigenvalue weighted by atomic mass is 127. The van der Waals surface area contributed by atoms with Crippen molar-refractivity contribution in [3.63, 3.8) is 0 Å². The summed E-state index contributed by atoms with van der Waals surface area (Å²) >= 11 is 7.54. The highest BCUT2D eigenvalue weighted by Crippen LogP contribution is 2.46. The Labute approximate surface area is 84.8 Å². The molecular formula is C7H11ClFIO. The second-order valence-corrected chi connectivity index (χ2v) is 4.57. The van der Waals surface area contributed by atoms with Crippen LogP contribution in [0, 0.1) is 5.92 Å². The first-order valence-electron chi connectivity index (χ1n) is 3.67. The van der Waals surface area contributed by atoms with Gasteiger partial charge in [0.05, 0.1) is 6.10 Å². The SMILES string of the molecule is CC[C@H]1OC(I)[C@@](F)(Cl)[C@@H]1C. The fourth-order valence-corrected chi connectivity index (χ4v) is 2.40. The highest BCUT2D eigenvalue weighted by Gasteiger charge is 2.52. The molecular weight excluding hydrogens is 281 g/mol. The number of halogens is 3. The average molecular weight is 293 g/mol. The topological polar surface area (TPSA) is 9.23 Å². The van der Waals surface area contributed by atoms with Crippen LogP contribution in [-0.2, 0) is 4.74 Å². The molecule has 1 aliphatic rings. The molecule has 0 aliphatic carbocycles. The van der Waals surface area contributed by atoms with Crippen LogP contribution in [0.15, 0.2) is 0 Å². The maximum atomic E-state index is 13.5. The fraction of sp³-hybridized carbons (Fsp3) is 1.00. The van der Waals surface area contributed by atoms with Crippen LogP contribution in [0.2, 0.25) is 0 Å². The smallest absolute Gasteiger partial charge is 0.223 e. The monoisotopic (exact) mass is 292 g/mol. The summed E-state index contributed by atoms with van der Waals surface area (Å²) in [6.07, 6.45) is 0.790. The first-order valence-corrected chi connectivity index (χ1v) is 5.29. The van der Waals surface area contributed by atoms with E-state index >= 15 is 0 Å². The van der Waals surface area contributed by atoms with Crippen molar-refractivity contribution in [3.05, 3.63) is 0 Å². The van der Waals surface area contributed by atoms with E-state index in [4.69, 9.17) is 16.3 Å².